The zero-order valence-corrected chi connectivity index (χ0v) is 4.05. The maximum Gasteiger partial charge on any atom is 0.352 e. The van der Waals surface area contributed by atoms with E-state index in [2.05, 4.69) is 10.1 Å². The van der Waals surface area contributed by atoms with Crippen LogP contribution in [0.2, 0.25) is 0 Å². The molecule has 0 aliphatic carbocycles. The molecule has 1 heterocycles. The number of H-pyrrole nitrogens is 1. The van der Waals surface area contributed by atoms with Gasteiger partial charge in [-0.25, -0.2) is 4.79 Å². The highest BCUT2D eigenvalue weighted by Crippen LogP contribution is 1.91. The van der Waals surface area contributed by atoms with E-state index < -0.39 is 5.97 Å². The first-order valence-corrected chi connectivity index (χ1v) is 2.15. The predicted molar refractivity (Wildman–Crippen MR) is 27.8 cm³/mol. The Morgan fingerprint density at radius 1 is 2.00 bits per heavy atom. The van der Waals surface area contributed by atoms with Crippen molar-refractivity contribution in [2.24, 2.45) is 0 Å². The van der Waals surface area contributed by atoms with Crippen LogP contribution in [0.5, 0.6) is 0 Å². The number of carbonyl (C=O) groups is 1. The summed E-state index contributed by atoms with van der Waals surface area (Å²) in [6, 6.07) is 3.20. The fourth-order valence-electron chi connectivity index (χ4n) is 0.457. The van der Waals surface area contributed by atoms with Crippen molar-refractivity contribution in [3.05, 3.63) is 24.0 Å². The van der Waals surface area contributed by atoms with E-state index in [4.69, 9.17) is 1.43 Å². The smallest absolute Gasteiger partial charge is 0.352 e. The minimum Gasteiger partial charge on any atom is -0.477 e. The molecule has 1 rings (SSSR count). The molecule has 0 aromatic carbocycles. The molecule has 3 heteroatoms. The second-order valence-electron chi connectivity index (χ2n) is 1.37. The molecule has 0 radical (unpaired) electrons. The quantitative estimate of drug-likeness (QED) is 0.562. The Balaban J connectivity index is 2.77. The van der Waals surface area contributed by atoms with Crippen LogP contribution in [0.1, 0.15) is 10.5 Å². The lowest BCUT2D eigenvalue weighted by molar-refractivity contribution is 0.0691. The van der Waals surface area contributed by atoms with E-state index in [1.807, 2.05) is 0 Å². The van der Waals surface area contributed by atoms with E-state index in [-0.39, 0.29) is 0 Å². The van der Waals surface area contributed by atoms with Crippen LogP contribution < -0.4 is 0 Å². The summed E-state index contributed by atoms with van der Waals surface area (Å²) in [5, 5.41) is 3.67. The monoisotopic (exact) mass is 112 g/mol. The van der Waals surface area contributed by atoms with Crippen molar-refractivity contribution < 1.29 is 9.90 Å². The number of hydrogen-bond acceptors (Lipinski definition) is 2. The third kappa shape index (κ3) is 0.703. The van der Waals surface area contributed by atoms with Gasteiger partial charge >= 0.3 is 5.97 Å². The van der Waals surface area contributed by atoms with E-state index in [0.717, 1.165) is 0 Å². The van der Waals surface area contributed by atoms with Crippen LogP contribution in [0.15, 0.2) is 18.3 Å². The molecule has 2 N–H and O–H groups in total. The fourth-order valence-corrected chi connectivity index (χ4v) is 0.457. The average molecular weight is 112 g/mol. The summed E-state index contributed by atoms with van der Waals surface area (Å²) < 4.78 is 6.22. The van der Waals surface area contributed by atoms with Crippen molar-refractivity contribution in [2.75, 3.05) is 0 Å². The standard InChI is InChI=1S/C5H5NO2/c7-5(8)4-2-1-3-6-4/h1-3,6H,(H,7,8)/i/hD. The van der Waals surface area contributed by atoms with Crippen molar-refractivity contribution in [1.82, 2.24) is 4.98 Å². The van der Waals surface area contributed by atoms with Crippen molar-refractivity contribution in [1.29, 1.82) is 1.43 Å². The van der Waals surface area contributed by atoms with Crippen LogP contribution in [0.3, 0.4) is 0 Å². The topological polar surface area (TPSA) is 53.1 Å². The van der Waals surface area contributed by atoms with Crippen LogP contribution >= 0.6 is 0 Å². The molecule has 8 heavy (non-hydrogen) atoms. The zero-order valence-electron chi connectivity index (χ0n) is 5.05. The Morgan fingerprint density at radius 2 is 2.88 bits per heavy atom. The third-order valence-electron chi connectivity index (χ3n) is 0.818. The highest BCUT2D eigenvalue weighted by Gasteiger charge is 1.98. The van der Waals surface area contributed by atoms with Gasteiger partial charge in [0.15, 0.2) is 0 Å². The maximum atomic E-state index is 10.4. The van der Waals surface area contributed by atoms with Gasteiger partial charge in [0.2, 0.25) is 0 Å². The van der Waals surface area contributed by atoms with Gasteiger partial charge in [-0.1, -0.05) is 0 Å². The summed E-state index contributed by atoms with van der Waals surface area (Å²) in [6.45, 7) is 0. The Kier molecular flexibility index (Phi) is 0.787. The highest BCUT2D eigenvalue weighted by molar-refractivity contribution is 5.85. The lowest BCUT2D eigenvalue weighted by atomic mass is 10.4. The van der Waals surface area contributed by atoms with Crippen LogP contribution in [0.25, 0.3) is 1.43 Å². The minimum atomic E-state index is -0.667. The number of carboxylic acid groups (broad SMARTS) is 1. The lowest BCUT2D eigenvalue weighted by Gasteiger charge is -1.80. The number of hydrogen-bond donors (Lipinski definition) is 2. The first-order valence-electron chi connectivity index (χ1n) is 2.56. The zero-order chi connectivity index (χ0) is 6.69. The molecule has 1 aromatic heterocycles. The molecule has 0 bridgehead atoms. The van der Waals surface area contributed by atoms with Crippen molar-refractivity contribution in [2.45, 2.75) is 0 Å². The Bertz CT molecular complexity index is 195. The molecule has 0 unspecified atom stereocenters. The first-order chi connectivity index (χ1) is 4.34. The van der Waals surface area contributed by atoms with Gasteiger partial charge in [0.1, 0.15) is 5.69 Å². The molecule has 0 saturated carbocycles. The number of aromatic nitrogens is 1. The van der Waals surface area contributed by atoms with E-state index >= 15 is 0 Å². The van der Waals surface area contributed by atoms with Gasteiger partial charge in [-0.05, 0) is 12.1 Å². The van der Waals surface area contributed by atoms with Gasteiger partial charge in [0.25, 0.3) is 1.43 Å². The Hall–Kier alpha value is -1.25. The van der Waals surface area contributed by atoms with Crippen LogP contribution in [-0.2, 0) is 0 Å². The van der Waals surface area contributed by atoms with E-state index in [1.54, 1.807) is 12.3 Å². The summed E-state index contributed by atoms with van der Waals surface area (Å²) in [6.07, 6.45) is 1.59. The second-order valence-corrected chi connectivity index (χ2v) is 1.37. The maximum absolute atomic E-state index is 10.4. The number of rotatable bonds is 1. The van der Waals surface area contributed by atoms with Gasteiger partial charge < -0.3 is 10.1 Å². The molecular weight excluding hydrogens is 106 g/mol. The van der Waals surface area contributed by atoms with Gasteiger partial charge in [-0.3, -0.25) is 0 Å². The number of aromatic amines is 1. The average Bonchev–Trinajstić information content (AvgIpc) is 2.37. The number of aromatic carboxylic acids is 1. The predicted octanol–water partition coefficient (Wildman–Crippen LogP) is 0.713. The molecule has 0 fully saturated rings. The van der Waals surface area contributed by atoms with E-state index in [1.165, 1.54) is 6.07 Å². The molecule has 0 atom stereocenters. The third-order valence-corrected chi connectivity index (χ3v) is 0.818. The Labute approximate surface area is 47.5 Å². The van der Waals surface area contributed by atoms with E-state index in [9.17, 15) is 4.79 Å². The van der Waals surface area contributed by atoms with Crippen molar-refractivity contribution in [3.63, 3.8) is 0 Å². The van der Waals surface area contributed by atoms with Crippen LogP contribution in [0.4, 0.5) is 0 Å². The molecule has 0 aliphatic heterocycles. The van der Waals surface area contributed by atoms with Gasteiger partial charge in [-0.15, -0.1) is 0 Å². The summed E-state index contributed by atoms with van der Waals surface area (Å²) in [5.41, 5.74) is 0.296. The normalized spacial score (nSPS) is 10.2. The lowest BCUT2D eigenvalue weighted by Crippen LogP contribution is -1.94. The summed E-state index contributed by atoms with van der Waals surface area (Å²) in [4.78, 5) is 13.0. The van der Waals surface area contributed by atoms with Crippen molar-refractivity contribution >= 4 is 5.97 Å². The molecule has 0 spiro atoms. The van der Waals surface area contributed by atoms with Crippen LogP contribution in [-0.4, -0.2) is 16.1 Å². The fraction of sp³-hybridized carbons (Fsp3) is 0. The Morgan fingerprint density at radius 3 is 3.38 bits per heavy atom. The molecule has 0 saturated heterocycles. The minimum absolute atomic E-state index is 0.296. The van der Waals surface area contributed by atoms with Gasteiger partial charge in [0, 0.05) is 6.20 Å². The molecule has 0 amide bonds. The highest BCUT2D eigenvalue weighted by atomic mass is 16.4. The van der Waals surface area contributed by atoms with Crippen molar-refractivity contribution in [3.8, 4) is 0 Å². The van der Waals surface area contributed by atoms with Crippen LogP contribution in [0, 0.1) is 0 Å². The van der Waals surface area contributed by atoms with Gasteiger partial charge in [-0.2, -0.15) is 0 Å². The molecule has 3 nitrogen and oxygen atoms in total. The van der Waals surface area contributed by atoms with Gasteiger partial charge in [0.05, 0.1) is 0 Å². The van der Waals surface area contributed by atoms with E-state index in [0.29, 0.717) is 5.69 Å². The number of nitrogens with one attached hydrogen (secondary N) is 1. The molecule has 0 aliphatic rings. The summed E-state index contributed by atoms with van der Waals surface area (Å²) in [7, 11) is 0. The first kappa shape index (κ1) is 3.72. The molecule has 42 valence electrons. The summed E-state index contributed by atoms with van der Waals surface area (Å²) in [5.74, 6) is -0.667. The largest absolute Gasteiger partial charge is 0.477 e. The molecule has 1 aromatic rings. The summed E-state index contributed by atoms with van der Waals surface area (Å²) >= 11 is 0. The number of carboxylic acids is 1. The SMILES string of the molecule is [2H]OC(=O)c1ccc[nH]1. The molecular formula is C5H5NO2. The second kappa shape index (κ2) is 1.69.